The van der Waals surface area contributed by atoms with Crippen molar-refractivity contribution in [3.63, 3.8) is 0 Å². The number of aliphatic hydroxyl groups is 1. The molecule has 5 rings (SSSR count). The summed E-state index contributed by atoms with van der Waals surface area (Å²) in [5, 5.41) is 14.4. The van der Waals surface area contributed by atoms with Gasteiger partial charge in [-0.3, -0.25) is 0 Å². The van der Waals surface area contributed by atoms with Crippen LogP contribution in [-0.2, 0) is 54.8 Å². The van der Waals surface area contributed by atoms with Crippen molar-refractivity contribution in [2.45, 2.75) is 76.4 Å². The lowest BCUT2D eigenvalue weighted by Crippen LogP contribution is -2.61. The van der Waals surface area contributed by atoms with Crippen molar-refractivity contribution in [1.29, 1.82) is 0 Å². The van der Waals surface area contributed by atoms with Crippen molar-refractivity contribution in [3.8, 4) is 0 Å². The Morgan fingerprint density at radius 2 is 1.12 bits per heavy atom. The van der Waals surface area contributed by atoms with E-state index in [1.54, 1.807) is 0 Å². The summed E-state index contributed by atoms with van der Waals surface area (Å²) in [6, 6.07) is 39.2. The van der Waals surface area contributed by atoms with Crippen LogP contribution in [0.5, 0.6) is 0 Å². The van der Waals surface area contributed by atoms with Gasteiger partial charge in [0, 0.05) is 13.2 Å². The number of nitrogens with one attached hydrogen (secondary N) is 1. The topological polar surface area (TPSA) is 105 Å². The number of carbonyl (C=O) groups excluding carboxylic acids is 1. The Balaban J connectivity index is 1.15. The van der Waals surface area contributed by atoms with Crippen molar-refractivity contribution in [2.75, 3.05) is 19.8 Å². The van der Waals surface area contributed by atoms with E-state index in [2.05, 4.69) is 5.32 Å². The van der Waals surface area contributed by atoms with Gasteiger partial charge in [0.15, 0.2) is 6.29 Å². The van der Waals surface area contributed by atoms with E-state index < -0.39 is 36.8 Å². The van der Waals surface area contributed by atoms with E-state index in [1.165, 1.54) is 0 Å². The SMILES string of the molecule is O=C(NCCCCCO[C@@H]1OC(COCc2ccccc2)[C@H](OCc2ccccc2)[C@H](OCc2ccccc2)C1O)OCc1ccccc1. The van der Waals surface area contributed by atoms with Crippen LogP contribution in [0.2, 0.25) is 0 Å². The Hall–Kier alpha value is -4.09. The molecule has 0 bridgehead atoms. The summed E-state index contributed by atoms with van der Waals surface area (Å²) in [6.45, 7) is 2.32. The average Bonchev–Trinajstić information content (AvgIpc) is 3.15. The van der Waals surface area contributed by atoms with Crippen molar-refractivity contribution < 1.29 is 38.3 Å². The molecule has 1 aliphatic rings. The molecule has 49 heavy (non-hydrogen) atoms. The number of aliphatic hydroxyl groups excluding tert-OH is 1. The average molecular weight is 670 g/mol. The Labute approximate surface area is 289 Å². The number of unbranched alkanes of at least 4 members (excludes halogenated alkanes) is 2. The third-order valence-corrected chi connectivity index (χ3v) is 8.16. The maximum atomic E-state index is 12.0. The van der Waals surface area contributed by atoms with Crippen LogP contribution in [-0.4, -0.2) is 61.7 Å². The first-order chi connectivity index (χ1) is 24.2. The maximum absolute atomic E-state index is 12.0. The highest BCUT2D eigenvalue weighted by atomic mass is 16.7. The van der Waals surface area contributed by atoms with E-state index in [4.69, 9.17) is 28.4 Å². The molecule has 4 aromatic rings. The molecule has 0 aromatic heterocycles. The number of alkyl carbamates (subject to hydrolysis) is 1. The number of amides is 1. The summed E-state index contributed by atoms with van der Waals surface area (Å²) in [7, 11) is 0. The van der Waals surface area contributed by atoms with Crippen LogP contribution in [0.15, 0.2) is 121 Å². The molecule has 2 N–H and O–H groups in total. The molecule has 9 nitrogen and oxygen atoms in total. The minimum Gasteiger partial charge on any atom is -0.445 e. The van der Waals surface area contributed by atoms with E-state index >= 15 is 0 Å². The monoisotopic (exact) mass is 669 g/mol. The van der Waals surface area contributed by atoms with Gasteiger partial charge in [-0.25, -0.2) is 4.79 Å². The zero-order valence-corrected chi connectivity index (χ0v) is 27.8. The lowest BCUT2D eigenvalue weighted by molar-refractivity contribution is -0.319. The lowest BCUT2D eigenvalue weighted by atomic mass is 9.98. The van der Waals surface area contributed by atoms with Gasteiger partial charge in [0.1, 0.15) is 31.0 Å². The summed E-state index contributed by atoms with van der Waals surface area (Å²) in [6.07, 6.45) is -2.12. The lowest BCUT2D eigenvalue weighted by Gasteiger charge is -2.44. The van der Waals surface area contributed by atoms with Crippen LogP contribution < -0.4 is 5.32 Å². The summed E-state index contributed by atoms with van der Waals surface area (Å²) >= 11 is 0. The second-order valence-corrected chi connectivity index (χ2v) is 12.0. The second-order valence-electron chi connectivity index (χ2n) is 12.0. The molecule has 4 aromatic carbocycles. The molecule has 2 unspecified atom stereocenters. The zero-order chi connectivity index (χ0) is 33.9. The Morgan fingerprint density at radius 3 is 1.69 bits per heavy atom. The molecule has 1 saturated heterocycles. The first-order valence-corrected chi connectivity index (χ1v) is 17.0. The molecule has 5 atom stereocenters. The Morgan fingerprint density at radius 1 is 0.612 bits per heavy atom. The number of hydrogen-bond acceptors (Lipinski definition) is 8. The number of hydrogen-bond donors (Lipinski definition) is 2. The fourth-order valence-corrected chi connectivity index (χ4v) is 5.53. The molecule has 1 aliphatic heterocycles. The number of rotatable bonds is 19. The molecule has 1 fully saturated rings. The fourth-order valence-electron chi connectivity index (χ4n) is 5.53. The largest absolute Gasteiger partial charge is 0.445 e. The summed E-state index contributed by atoms with van der Waals surface area (Å²) < 4.78 is 36.7. The first-order valence-electron chi connectivity index (χ1n) is 17.0. The Kier molecular flexibility index (Phi) is 15.1. The molecule has 260 valence electrons. The molecule has 1 heterocycles. The Bertz CT molecular complexity index is 1460. The van der Waals surface area contributed by atoms with E-state index in [9.17, 15) is 9.90 Å². The summed E-state index contributed by atoms with van der Waals surface area (Å²) in [4.78, 5) is 12.0. The van der Waals surface area contributed by atoms with E-state index in [0.717, 1.165) is 35.1 Å². The standard InChI is InChI=1S/C40H47NO8/c42-36-38(47-28-33-20-10-3-11-21-33)37(46-27-32-18-8-2-9-19-32)35(30-44-26-31-16-6-1-7-17-31)49-39(36)45-25-15-5-14-24-41-40(43)48-29-34-22-12-4-13-23-34/h1-4,6-13,16-23,35-39,42H,5,14-15,24-30H2,(H,41,43)/t35?,36?,37-,38+,39+/m0/s1. The van der Waals surface area contributed by atoms with Crippen molar-refractivity contribution in [3.05, 3.63) is 144 Å². The van der Waals surface area contributed by atoms with E-state index in [-0.39, 0.29) is 13.2 Å². The molecule has 0 aliphatic carbocycles. The molecule has 0 spiro atoms. The highest BCUT2D eigenvalue weighted by Gasteiger charge is 2.47. The van der Waals surface area contributed by atoms with Gasteiger partial charge in [0.05, 0.1) is 26.4 Å². The molecule has 9 heteroatoms. The van der Waals surface area contributed by atoms with Crippen molar-refractivity contribution in [1.82, 2.24) is 5.32 Å². The number of benzene rings is 4. The van der Waals surface area contributed by atoms with Gasteiger partial charge in [-0.2, -0.15) is 0 Å². The quantitative estimate of drug-likeness (QED) is 0.108. The minimum atomic E-state index is -1.10. The van der Waals surface area contributed by atoms with Crippen LogP contribution in [0.1, 0.15) is 41.5 Å². The van der Waals surface area contributed by atoms with Crippen LogP contribution in [0.3, 0.4) is 0 Å². The van der Waals surface area contributed by atoms with Gasteiger partial charge in [-0.15, -0.1) is 0 Å². The van der Waals surface area contributed by atoms with Gasteiger partial charge in [0.25, 0.3) is 0 Å². The zero-order valence-electron chi connectivity index (χ0n) is 27.8. The van der Waals surface area contributed by atoms with Crippen LogP contribution in [0.25, 0.3) is 0 Å². The third kappa shape index (κ3) is 12.4. The third-order valence-electron chi connectivity index (χ3n) is 8.16. The highest BCUT2D eigenvalue weighted by molar-refractivity contribution is 5.67. The fraction of sp³-hybridized carbons (Fsp3) is 0.375. The van der Waals surface area contributed by atoms with Crippen LogP contribution >= 0.6 is 0 Å². The smallest absolute Gasteiger partial charge is 0.407 e. The summed E-state index contributed by atoms with van der Waals surface area (Å²) in [5.41, 5.74) is 3.97. The predicted molar refractivity (Wildman–Crippen MR) is 185 cm³/mol. The minimum absolute atomic E-state index is 0.220. The van der Waals surface area contributed by atoms with Gasteiger partial charge in [-0.05, 0) is 41.5 Å². The van der Waals surface area contributed by atoms with Crippen molar-refractivity contribution >= 4 is 6.09 Å². The van der Waals surface area contributed by atoms with Crippen molar-refractivity contribution in [2.24, 2.45) is 0 Å². The van der Waals surface area contributed by atoms with Gasteiger partial charge >= 0.3 is 6.09 Å². The molecular weight excluding hydrogens is 622 g/mol. The van der Waals surface area contributed by atoms with Crippen LogP contribution in [0, 0.1) is 0 Å². The normalized spacial score (nSPS) is 20.5. The number of carbonyl (C=O) groups is 1. The number of ether oxygens (including phenoxy) is 6. The summed E-state index contributed by atoms with van der Waals surface area (Å²) in [5.74, 6) is 0. The first kappa shape index (κ1) is 36.2. The highest BCUT2D eigenvalue weighted by Crippen LogP contribution is 2.29. The van der Waals surface area contributed by atoms with Gasteiger partial charge in [-0.1, -0.05) is 121 Å². The van der Waals surface area contributed by atoms with Crippen LogP contribution in [0.4, 0.5) is 4.79 Å². The predicted octanol–water partition coefficient (Wildman–Crippen LogP) is 6.57. The van der Waals surface area contributed by atoms with E-state index in [1.807, 2.05) is 121 Å². The molecular formula is C40H47NO8. The second kappa shape index (κ2) is 20.4. The molecule has 1 amide bonds. The van der Waals surface area contributed by atoms with Gasteiger partial charge in [0.2, 0.25) is 0 Å². The molecule has 0 saturated carbocycles. The molecule has 0 radical (unpaired) electrons. The van der Waals surface area contributed by atoms with E-state index in [0.29, 0.717) is 39.4 Å². The maximum Gasteiger partial charge on any atom is 0.407 e. The van der Waals surface area contributed by atoms with Gasteiger partial charge < -0.3 is 38.8 Å².